The van der Waals surface area contributed by atoms with Gasteiger partial charge in [-0.2, -0.15) is 26.3 Å². The molecule has 0 aromatic rings. The highest BCUT2D eigenvalue weighted by molar-refractivity contribution is 7.55. The minimum atomic E-state index is -4.99. The quantitative estimate of drug-likeness (QED) is 0.425. The number of hydrogen-bond donors (Lipinski definition) is 0. The van der Waals surface area contributed by atoms with Gasteiger partial charge in [0.25, 0.3) is 0 Å². The number of carbonyl (C=O) groups is 1. The van der Waals surface area contributed by atoms with Crippen molar-refractivity contribution in [2.75, 3.05) is 20.3 Å². The van der Waals surface area contributed by atoms with Gasteiger partial charge >= 0.3 is 25.9 Å². The summed E-state index contributed by atoms with van der Waals surface area (Å²) in [6, 6.07) is 0. The number of ether oxygens (including phenoxy) is 1. The molecule has 0 bridgehead atoms. The van der Waals surface area contributed by atoms with Crippen LogP contribution >= 0.6 is 7.60 Å². The summed E-state index contributed by atoms with van der Waals surface area (Å²) in [4.78, 5) is 11.1. The molecule has 0 amide bonds. The van der Waals surface area contributed by atoms with Gasteiger partial charge in [-0.25, -0.2) is 0 Å². The number of esters is 1. The molecule has 0 aliphatic rings. The molecule has 20 heavy (non-hydrogen) atoms. The van der Waals surface area contributed by atoms with E-state index in [-0.39, 0.29) is 0 Å². The fraction of sp³-hybridized carbons (Fsp3) is 0.875. The van der Waals surface area contributed by atoms with Crippen molar-refractivity contribution in [1.82, 2.24) is 0 Å². The fourth-order valence-electron chi connectivity index (χ4n) is 0.887. The molecule has 0 saturated heterocycles. The van der Waals surface area contributed by atoms with Crippen LogP contribution in [0.5, 0.6) is 0 Å². The van der Waals surface area contributed by atoms with Gasteiger partial charge in [-0.15, -0.1) is 0 Å². The first-order chi connectivity index (χ1) is 8.81. The van der Waals surface area contributed by atoms with Crippen molar-refractivity contribution in [3.63, 3.8) is 0 Å². The van der Waals surface area contributed by atoms with Gasteiger partial charge in [0.15, 0.2) is 18.9 Å². The Hall–Kier alpha value is -0.800. The Balaban J connectivity index is 5.03. The van der Waals surface area contributed by atoms with Crippen molar-refractivity contribution >= 4 is 13.6 Å². The molecule has 0 radical (unpaired) electrons. The first-order valence-electron chi connectivity index (χ1n) is 4.91. The average molecular weight is 332 g/mol. The molecular formula is C8H11F6O5P. The Morgan fingerprint density at radius 2 is 1.40 bits per heavy atom. The molecule has 0 aliphatic heterocycles. The van der Waals surface area contributed by atoms with Gasteiger partial charge in [0, 0.05) is 0 Å². The second-order valence-electron chi connectivity index (χ2n) is 3.52. The maximum atomic E-state index is 12.0. The molecule has 0 heterocycles. The normalized spacial score (nSPS) is 15.0. The topological polar surface area (TPSA) is 61.8 Å². The lowest BCUT2D eigenvalue weighted by Crippen LogP contribution is -2.27. The Kier molecular flexibility index (Phi) is 6.50. The Morgan fingerprint density at radius 3 is 1.65 bits per heavy atom. The highest BCUT2D eigenvalue weighted by atomic mass is 31.2. The third kappa shape index (κ3) is 7.11. The van der Waals surface area contributed by atoms with Crippen LogP contribution in [0.1, 0.15) is 6.92 Å². The lowest BCUT2D eigenvalue weighted by molar-refractivity contribution is -0.167. The minimum Gasteiger partial charge on any atom is -0.468 e. The number of alkyl halides is 6. The van der Waals surface area contributed by atoms with Gasteiger partial charge in [-0.3, -0.25) is 18.4 Å². The van der Waals surface area contributed by atoms with E-state index in [1.54, 1.807) is 0 Å². The predicted molar refractivity (Wildman–Crippen MR) is 53.1 cm³/mol. The van der Waals surface area contributed by atoms with E-state index in [9.17, 15) is 35.7 Å². The number of methoxy groups -OCH3 is 1. The standard InChI is InChI=1S/C8H11F6O5P/c1-5(6(15)17-2)20(16,18-3-7(9,10)11)19-4-8(12,13)14/h5H,3-4H2,1-2H3. The van der Waals surface area contributed by atoms with E-state index in [0.717, 1.165) is 14.0 Å². The van der Waals surface area contributed by atoms with Crippen LogP contribution in [-0.2, 0) is 23.1 Å². The Bertz CT molecular complexity index is 357. The monoisotopic (exact) mass is 332 g/mol. The van der Waals surface area contributed by atoms with Crippen molar-refractivity contribution in [2.45, 2.75) is 24.9 Å². The van der Waals surface area contributed by atoms with Crippen molar-refractivity contribution in [1.29, 1.82) is 0 Å². The molecule has 0 N–H and O–H groups in total. The first kappa shape index (κ1) is 19.2. The van der Waals surface area contributed by atoms with Crippen molar-refractivity contribution in [3.8, 4) is 0 Å². The number of hydrogen-bond acceptors (Lipinski definition) is 5. The number of halogens is 6. The van der Waals surface area contributed by atoms with E-state index in [1.165, 1.54) is 0 Å². The molecule has 120 valence electrons. The zero-order valence-electron chi connectivity index (χ0n) is 10.2. The maximum Gasteiger partial charge on any atom is 0.412 e. The second-order valence-corrected chi connectivity index (χ2v) is 5.89. The fourth-order valence-corrected chi connectivity index (χ4v) is 2.42. The summed E-state index contributed by atoms with van der Waals surface area (Å²) in [5.74, 6) is -1.32. The van der Waals surface area contributed by atoms with Gasteiger partial charge in [0.1, 0.15) is 0 Å². The van der Waals surface area contributed by atoms with E-state index in [1.807, 2.05) is 0 Å². The van der Waals surface area contributed by atoms with Crippen LogP contribution in [0.4, 0.5) is 26.3 Å². The van der Waals surface area contributed by atoms with Gasteiger partial charge in [-0.05, 0) is 6.92 Å². The molecule has 0 spiro atoms. The zero-order chi connectivity index (χ0) is 16.2. The van der Waals surface area contributed by atoms with Gasteiger partial charge in [-0.1, -0.05) is 0 Å². The molecule has 5 nitrogen and oxygen atoms in total. The van der Waals surface area contributed by atoms with Crippen LogP contribution in [0.25, 0.3) is 0 Å². The molecule has 0 aromatic heterocycles. The lowest BCUT2D eigenvalue weighted by Gasteiger charge is -2.23. The summed E-state index contributed by atoms with van der Waals surface area (Å²) >= 11 is 0. The van der Waals surface area contributed by atoms with E-state index in [4.69, 9.17) is 0 Å². The SMILES string of the molecule is COC(=O)C(C)P(=O)(OCC(F)(F)F)OCC(F)(F)F. The van der Waals surface area contributed by atoms with E-state index < -0.39 is 44.8 Å². The summed E-state index contributed by atoms with van der Waals surface area (Å²) in [5, 5.41) is 0. The van der Waals surface area contributed by atoms with Crippen LogP contribution in [0, 0.1) is 0 Å². The molecule has 0 rings (SSSR count). The summed E-state index contributed by atoms with van der Waals surface area (Å²) in [6.45, 7) is -3.47. The van der Waals surface area contributed by atoms with Crippen LogP contribution in [0.15, 0.2) is 0 Å². The Labute approximate surface area is 109 Å². The van der Waals surface area contributed by atoms with Crippen molar-refractivity contribution < 1.29 is 49.5 Å². The molecule has 0 fully saturated rings. The third-order valence-electron chi connectivity index (χ3n) is 1.83. The largest absolute Gasteiger partial charge is 0.468 e. The van der Waals surface area contributed by atoms with Gasteiger partial charge in [0.2, 0.25) is 0 Å². The second kappa shape index (κ2) is 6.77. The number of rotatable bonds is 6. The van der Waals surface area contributed by atoms with Crippen LogP contribution in [-0.4, -0.2) is 44.3 Å². The zero-order valence-corrected chi connectivity index (χ0v) is 11.1. The summed E-state index contributed by atoms with van der Waals surface area (Å²) in [6.07, 6.45) is -9.90. The predicted octanol–water partition coefficient (Wildman–Crippen LogP) is 2.90. The van der Waals surface area contributed by atoms with E-state index >= 15 is 0 Å². The molecule has 0 aliphatic carbocycles. The highest BCUT2D eigenvalue weighted by Gasteiger charge is 2.45. The summed E-state index contributed by atoms with van der Waals surface area (Å²) < 4.78 is 95.5. The molecule has 1 atom stereocenters. The summed E-state index contributed by atoms with van der Waals surface area (Å²) in [7, 11) is -4.17. The lowest BCUT2D eigenvalue weighted by atomic mass is 10.5. The van der Waals surface area contributed by atoms with Crippen LogP contribution in [0.2, 0.25) is 0 Å². The van der Waals surface area contributed by atoms with Crippen molar-refractivity contribution in [2.24, 2.45) is 0 Å². The number of carbonyl (C=O) groups excluding carboxylic acids is 1. The first-order valence-corrected chi connectivity index (χ1v) is 6.52. The molecular weight excluding hydrogens is 321 g/mol. The minimum absolute atomic E-state index is 0.777. The smallest absolute Gasteiger partial charge is 0.412 e. The van der Waals surface area contributed by atoms with Crippen LogP contribution in [0.3, 0.4) is 0 Å². The van der Waals surface area contributed by atoms with E-state index in [2.05, 4.69) is 13.8 Å². The van der Waals surface area contributed by atoms with Gasteiger partial charge in [0.05, 0.1) is 7.11 Å². The molecule has 12 heteroatoms. The molecule has 0 saturated carbocycles. The maximum absolute atomic E-state index is 12.0. The Morgan fingerprint density at radius 1 is 1.05 bits per heavy atom. The van der Waals surface area contributed by atoms with Gasteiger partial charge < -0.3 is 4.74 Å². The summed E-state index contributed by atoms with van der Waals surface area (Å²) in [5.41, 5.74) is -1.93. The van der Waals surface area contributed by atoms with E-state index in [0.29, 0.717) is 0 Å². The molecule has 0 aromatic carbocycles. The molecule has 1 unspecified atom stereocenters. The van der Waals surface area contributed by atoms with Crippen LogP contribution < -0.4 is 0 Å². The third-order valence-corrected chi connectivity index (χ3v) is 3.97. The highest BCUT2D eigenvalue weighted by Crippen LogP contribution is 2.54. The average Bonchev–Trinajstić information content (AvgIpc) is 2.30. The van der Waals surface area contributed by atoms with Crippen molar-refractivity contribution in [3.05, 3.63) is 0 Å².